The van der Waals surface area contributed by atoms with Gasteiger partial charge >= 0.3 is 0 Å². The molecular formula is C44H44N2. The summed E-state index contributed by atoms with van der Waals surface area (Å²) in [4.78, 5) is 5.12. The first-order valence-corrected chi connectivity index (χ1v) is 16.5. The van der Waals surface area contributed by atoms with Gasteiger partial charge in [-0.05, 0) is 51.4 Å². The summed E-state index contributed by atoms with van der Waals surface area (Å²) in [6.45, 7) is 8.10. The molecule has 6 aromatic rings. The van der Waals surface area contributed by atoms with Crippen LogP contribution in [0.15, 0.2) is 170 Å². The van der Waals surface area contributed by atoms with Crippen LogP contribution in [0.3, 0.4) is 0 Å². The van der Waals surface area contributed by atoms with E-state index < -0.39 is 0 Å². The first-order chi connectivity index (χ1) is 22.7. The van der Waals surface area contributed by atoms with Crippen molar-refractivity contribution in [3.8, 4) is 0 Å². The Kier molecular flexibility index (Phi) is 10.3. The number of rotatable bonds is 13. The van der Waals surface area contributed by atoms with Crippen LogP contribution in [0.5, 0.6) is 0 Å². The fourth-order valence-corrected chi connectivity index (χ4v) is 6.63. The molecule has 0 saturated heterocycles. The second kappa shape index (κ2) is 15.3. The molecule has 0 bridgehead atoms. The molecule has 0 saturated carbocycles. The predicted molar refractivity (Wildman–Crippen MR) is 195 cm³/mol. The van der Waals surface area contributed by atoms with Gasteiger partial charge < -0.3 is 9.80 Å². The van der Waals surface area contributed by atoms with Crippen molar-refractivity contribution in [3.63, 3.8) is 0 Å². The molecule has 2 nitrogen and oxygen atoms in total. The van der Waals surface area contributed by atoms with Crippen molar-refractivity contribution in [1.29, 1.82) is 0 Å². The van der Waals surface area contributed by atoms with Gasteiger partial charge in [0, 0.05) is 43.5 Å². The fraction of sp³-hybridized carbons (Fsp3) is 0.182. The lowest BCUT2D eigenvalue weighted by Crippen LogP contribution is -2.27. The van der Waals surface area contributed by atoms with Crippen molar-refractivity contribution >= 4 is 11.4 Å². The Morgan fingerprint density at radius 2 is 0.609 bits per heavy atom. The first-order valence-electron chi connectivity index (χ1n) is 16.5. The van der Waals surface area contributed by atoms with E-state index in [0.717, 1.165) is 26.2 Å². The Morgan fingerprint density at radius 1 is 0.348 bits per heavy atom. The molecule has 2 heteroatoms. The van der Waals surface area contributed by atoms with Crippen molar-refractivity contribution in [1.82, 2.24) is 0 Å². The summed E-state index contributed by atoms with van der Waals surface area (Å²) in [6, 6.07) is 61.6. The van der Waals surface area contributed by atoms with Crippen molar-refractivity contribution in [2.75, 3.05) is 9.80 Å². The molecule has 0 fully saturated rings. The lowest BCUT2D eigenvalue weighted by Gasteiger charge is -2.35. The van der Waals surface area contributed by atoms with Crippen LogP contribution in [-0.4, -0.2) is 0 Å². The molecule has 230 valence electrons. The van der Waals surface area contributed by atoms with Gasteiger partial charge in [0.2, 0.25) is 0 Å². The van der Waals surface area contributed by atoms with Gasteiger partial charge in [-0.25, -0.2) is 0 Å². The second-order valence-corrected chi connectivity index (χ2v) is 12.5. The molecule has 0 aliphatic carbocycles. The maximum absolute atomic E-state index is 2.56. The maximum atomic E-state index is 2.56. The van der Waals surface area contributed by atoms with Gasteiger partial charge in [0.15, 0.2) is 0 Å². The van der Waals surface area contributed by atoms with Crippen LogP contribution in [0, 0.1) is 5.92 Å². The van der Waals surface area contributed by atoms with Crippen molar-refractivity contribution in [2.24, 2.45) is 5.92 Å². The Morgan fingerprint density at radius 3 is 0.891 bits per heavy atom. The fourth-order valence-electron chi connectivity index (χ4n) is 6.63. The van der Waals surface area contributed by atoms with E-state index in [1.54, 1.807) is 0 Å². The highest BCUT2D eigenvalue weighted by atomic mass is 15.1. The van der Waals surface area contributed by atoms with Crippen molar-refractivity contribution in [3.05, 3.63) is 203 Å². The summed E-state index contributed by atoms with van der Waals surface area (Å²) >= 11 is 0. The molecule has 0 amide bonds. The normalized spacial score (nSPS) is 11.1. The van der Waals surface area contributed by atoms with Gasteiger partial charge in [0.1, 0.15) is 0 Å². The zero-order valence-corrected chi connectivity index (χ0v) is 27.0. The topological polar surface area (TPSA) is 6.48 Å². The summed E-state index contributed by atoms with van der Waals surface area (Å²) in [5.74, 6) is 0.586. The number of para-hydroxylation sites is 2. The third kappa shape index (κ3) is 7.76. The molecule has 0 N–H and O–H groups in total. The van der Waals surface area contributed by atoms with E-state index in [2.05, 4.69) is 194 Å². The SMILES string of the molecule is CC(C)C(c1ccccc1N(Cc1ccccc1)Cc1ccccc1)c1ccccc1N(Cc1ccccc1)Cc1ccccc1. The summed E-state index contributed by atoms with van der Waals surface area (Å²) in [5.41, 5.74) is 10.6. The van der Waals surface area contributed by atoms with E-state index >= 15 is 0 Å². The summed E-state index contributed by atoms with van der Waals surface area (Å²) in [6.07, 6.45) is 0. The molecule has 0 aliphatic rings. The number of hydrogen-bond donors (Lipinski definition) is 0. The number of anilines is 2. The summed E-state index contributed by atoms with van der Waals surface area (Å²) < 4.78 is 0. The summed E-state index contributed by atoms with van der Waals surface area (Å²) in [5, 5.41) is 0. The molecule has 0 heterocycles. The number of benzene rings is 6. The molecule has 6 aromatic carbocycles. The minimum absolute atomic E-state index is 0.204. The van der Waals surface area contributed by atoms with Gasteiger partial charge in [-0.15, -0.1) is 0 Å². The van der Waals surface area contributed by atoms with E-state index in [-0.39, 0.29) is 5.92 Å². The van der Waals surface area contributed by atoms with Crippen LogP contribution in [0.4, 0.5) is 11.4 Å². The quantitative estimate of drug-likeness (QED) is 0.130. The average molecular weight is 601 g/mol. The lowest BCUT2D eigenvalue weighted by atomic mass is 9.80. The predicted octanol–water partition coefficient (Wildman–Crippen LogP) is 10.9. The van der Waals surface area contributed by atoms with Gasteiger partial charge in [-0.1, -0.05) is 172 Å². The van der Waals surface area contributed by atoms with Crippen LogP contribution in [-0.2, 0) is 26.2 Å². The third-order valence-electron chi connectivity index (χ3n) is 8.76. The van der Waals surface area contributed by atoms with Gasteiger partial charge in [0.25, 0.3) is 0 Å². The minimum Gasteiger partial charge on any atom is -0.363 e. The zero-order chi connectivity index (χ0) is 31.6. The second-order valence-electron chi connectivity index (χ2n) is 12.5. The average Bonchev–Trinajstić information content (AvgIpc) is 3.10. The largest absolute Gasteiger partial charge is 0.363 e. The summed E-state index contributed by atoms with van der Waals surface area (Å²) in [7, 11) is 0. The monoisotopic (exact) mass is 600 g/mol. The van der Waals surface area contributed by atoms with Crippen LogP contribution in [0.2, 0.25) is 0 Å². The van der Waals surface area contributed by atoms with E-state index in [4.69, 9.17) is 0 Å². The van der Waals surface area contributed by atoms with E-state index in [1.165, 1.54) is 44.8 Å². The van der Waals surface area contributed by atoms with Crippen LogP contribution < -0.4 is 9.80 Å². The van der Waals surface area contributed by atoms with E-state index in [1.807, 2.05) is 0 Å². The highest BCUT2D eigenvalue weighted by molar-refractivity contribution is 5.64. The van der Waals surface area contributed by atoms with Gasteiger partial charge in [0.05, 0.1) is 0 Å². The Labute approximate surface area is 275 Å². The lowest BCUT2D eigenvalue weighted by molar-refractivity contribution is 0.560. The minimum atomic E-state index is 0.204. The Bertz CT molecular complexity index is 1550. The molecule has 46 heavy (non-hydrogen) atoms. The third-order valence-corrected chi connectivity index (χ3v) is 8.76. The van der Waals surface area contributed by atoms with Crippen molar-refractivity contribution in [2.45, 2.75) is 45.9 Å². The molecule has 0 radical (unpaired) electrons. The standard InChI is InChI=1S/C44H44N2/c1-35(2)44(40-27-15-17-29-42(40)45(31-36-19-7-3-8-20-36)32-37-21-9-4-10-22-37)41-28-16-18-30-43(41)46(33-38-23-11-5-12-24-38)34-39-25-13-6-14-26-39/h3-30,35,44H,31-34H2,1-2H3. The van der Waals surface area contributed by atoms with E-state index in [9.17, 15) is 0 Å². The number of nitrogens with zero attached hydrogens (tertiary/aromatic N) is 2. The van der Waals surface area contributed by atoms with Crippen LogP contribution in [0.25, 0.3) is 0 Å². The van der Waals surface area contributed by atoms with Crippen LogP contribution in [0.1, 0.15) is 53.1 Å². The number of hydrogen-bond acceptors (Lipinski definition) is 2. The molecule has 0 aromatic heterocycles. The first kappa shape index (κ1) is 30.9. The maximum Gasteiger partial charge on any atom is 0.0433 e. The Balaban J connectivity index is 1.44. The molecule has 0 unspecified atom stereocenters. The highest BCUT2D eigenvalue weighted by Gasteiger charge is 2.27. The molecule has 0 aliphatic heterocycles. The van der Waals surface area contributed by atoms with Gasteiger partial charge in [-0.2, -0.15) is 0 Å². The molecule has 0 spiro atoms. The van der Waals surface area contributed by atoms with E-state index in [0.29, 0.717) is 5.92 Å². The Hall–Kier alpha value is -5.08. The molecule has 6 rings (SSSR count). The van der Waals surface area contributed by atoms with Crippen LogP contribution >= 0.6 is 0 Å². The molecule has 0 atom stereocenters. The van der Waals surface area contributed by atoms with Gasteiger partial charge in [-0.3, -0.25) is 0 Å². The molecular weight excluding hydrogens is 556 g/mol. The van der Waals surface area contributed by atoms with Crippen molar-refractivity contribution < 1.29 is 0 Å². The highest BCUT2D eigenvalue weighted by Crippen LogP contribution is 2.42. The smallest absolute Gasteiger partial charge is 0.0433 e. The zero-order valence-electron chi connectivity index (χ0n) is 27.0.